The highest BCUT2D eigenvalue weighted by Crippen LogP contribution is 2.25. The van der Waals surface area contributed by atoms with Crippen LogP contribution in [0, 0.1) is 0 Å². The summed E-state index contributed by atoms with van der Waals surface area (Å²) in [6.45, 7) is 0. The third-order valence-electron chi connectivity index (χ3n) is 2.63. The molecule has 15 heavy (non-hydrogen) atoms. The van der Waals surface area contributed by atoms with Gasteiger partial charge in [0.15, 0.2) is 0 Å². The minimum atomic E-state index is 0.363. The van der Waals surface area contributed by atoms with E-state index in [4.69, 9.17) is 17.3 Å². The van der Waals surface area contributed by atoms with Crippen molar-refractivity contribution in [1.82, 2.24) is 0 Å². The molecule has 82 valence electrons. The van der Waals surface area contributed by atoms with E-state index in [1.807, 2.05) is 6.07 Å². The number of hydrogen-bond acceptors (Lipinski definition) is 3. The molecule has 0 saturated carbocycles. The summed E-state index contributed by atoms with van der Waals surface area (Å²) in [5, 5.41) is 0. The lowest BCUT2D eigenvalue weighted by molar-refractivity contribution is 0.591. The standard InChI is InChI=1S/C11H15ClN2S/c12-10-6-5-9(15-10)7-8-3-1-2-4-11(13)14-8/h5-6,8H,1-4,7H2,(H2,13,14). The fraction of sp³-hybridized carbons (Fsp3) is 0.545. The van der Waals surface area contributed by atoms with Crippen molar-refractivity contribution in [2.75, 3.05) is 0 Å². The molecule has 1 aliphatic rings. The van der Waals surface area contributed by atoms with Crippen LogP contribution >= 0.6 is 22.9 Å². The molecule has 4 heteroatoms. The maximum atomic E-state index is 5.90. The van der Waals surface area contributed by atoms with Crippen LogP contribution in [-0.4, -0.2) is 11.9 Å². The van der Waals surface area contributed by atoms with E-state index < -0.39 is 0 Å². The van der Waals surface area contributed by atoms with Crippen LogP contribution in [0.2, 0.25) is 4.34 Å². The Hall–Kier alpha value is -0.540. The summed E-state index contributed by atoms with van der Waals surface area (Å²) < 4.78 is 0.857. The molecule has 0 amide bonds. The maximum Gasteiger partial charge on any atom is 0.0940 e. The number of nitrogens with two attached hydrogens (primary N) is 1. The highest BCUT2D eigenvalue weighted by atomic mass is 35.5. The van der Waals surface area contributed by atoms with Gasteiger partial charge in [-0.05, 0) is 25.0 Å². The summed E-state index contributed by atoms with van der Waals surface area (Å²) >= 11 is 7.54. The Labute approximate surface area is 99.2 Å². The lowest BCUT2D eigenvalue weighted by atomic mass is 10.1. The van der Waals surface area contributed by atoms with Gasteiger partial charge in [-0.1, -0.05) is 18.0 Å². The van der Waals surface area contributed by atoms with Gasteiger partial charge >= 0.3 is 0 Å². The number of aliphatic imine (C=N–C) groups is 1. The number of amidine groups is 1. The van der Waals surface area contributed by atoms with E-state index in [0.717, 1.165) is 29.4 Å². The van der Waals surface area contributed by atoms with Gasteiger partial charge in [-0.3, -0.25) is 4.99 Å². The predicted molar refractivity (Wildman–Crippen MR) is 66.9 cm³/mol. The van der Waals surface area contributed by atoms with E-state index in [1.54, 1.807) is 11.3 Å². The molecule has 2 rings (SSSR count). The molecule has 2 heterocycles. The second kappa shape index (κ2) is 4.99. The molecule has 0 spiro atoms. The van der Waals surface area contributed by atoms with Gasteiger partial charge in [0, 0.05) is 17.7 Å². The van der Waals surface area contributed by atoms with Crippen LogP contribution in [0.25, 0.3) is 0 Å². The highest BCUT2D eigenvalue weighted by molar-refractivity contribution is 7.16. The first-order valence-electron chi connectivity index (χ1n) is 5.30. The van der Waals surface area contributed by atoms with Crippen LogP contribution < -0.4 is 5.73 Å². The summed E-state index contributed by atoms with van der Waals surface area (Å²) in [7, 11) is 0. The molecule has 0 aromatic carbocycles. The van der Waals surface area contributed by atoms with Gasteiger partial charge in [-0.25, -0.2) is 0 Å². The second-order valence-corrected chi connectivity index (χ2v) is 5.73. The molecule has 0 radical (unpaired) electrons. The van der Waals surface area contributed by atoms with Crippen molar-refractivity contribution in [3.8, 4) is 0 Å². The smallest absolute Gasteiger partial charge is 0.0940 e. The quantitative estimate of drug-likeness (QED) is 0.850. The van der Waals surface area contributed by atoms with E-state index >= 15 is 0 Å². The van der Waals surface area contributed by atoms with Crippen molar-refractivity contribution in [1.29, 1.82) is 0 Å². The average Bonchev–Trinajstić information content (AvgIpc) is 2.46. The van der Waals surface area contributed by atoms with E-state index in [1.165, 1.54) is 17.7 Å². The number of nitrogens with zero attached hydrogens (tertiary/aromatic N) is 1. The second-order valence-electron chi connectivity index (χ2n) is 3.93. The number of rotatable bonds is 2. The summed E-state index contributed by atoms with van der Waals surface area (Å²) in [6.07, 6.45) is 5.50. The normalized spacial score (nSPS) is 22.2. The van der Waals surface area contributed by atoms with Crippen LogP contribution in [-0.2, 0) is 6.42 Å². The Bertz CT molecular complexity index is 359. The van der Waals surface area contributed by atoms with Crippen molar-refractivity contribution in [2.24, 2.45) is 10.7 Å². The van der Waals surface area contributed by atoms with Crippen LogP contribution in [0.15, 0.2) is 17.1 Å². The van der Waals surface area contributed by atoms with Gasteiger partial charge in [0.25, 0.3) is 0 Å². The monoisotopic (exact) mass is 242 g/mol. The lowest BCUT2D eigenvalue weighted by Crippen LogP contribution is -2.15. The zero-order valence-corrected chi connectivity index (χ0v) is 10.2. The van der Waals surface area contributed by atoms with E-state index in [-0.39, 0.29) is 0 Å². The van der Waals surface area contributed by atoms with Crippen LogP contribution in [0.5, 0.6) is 0 Å². The molecule has 1 aromatic heterocycles. The van der Waals surface area contributed by atoms with Crippen molar-refractivity contribution >= 4 is 28.8 Å². The third-order valence-corrected chi connectivity index (χ3v) is 3.89. The highest BCUT2D eigenvalue weighted by Gasteiger charge is 2.13. The predicted octanol–water partition coefficient (Wildman–Crippen LogP) is 3.24. The zero-order chi connectivity index (χ0) is 10.7. The third kappa shape index (κ3) is 3.21. The first-order valence-corrected chi connectivity index (χ1v) is 6.50. The molecule has 2 N–H and O–H groups in total. The molecule has 1 unspecified atom stereocenters. The van der Waals surface area contributed by atoms with Crippen molar-refractivity contribution < 1.29 is 0 Å². The van der Waals surface area contributed by atoms with Gasteiger partial charge < -0.3 is 5.73 Å². The SMILES string of the molecule is NC1=NC(Cc2ccc(Cl)s2)CCCC1. The Balaban J connectivity index is 2.01. The molecule has 2 nitrogen and oxygen atoms in total. The largest absolute Gasteiger partial charge is 0.387 e. The van der Waals surface area contributed by atoms with E-state index in [9.17, 15) is 0 Å². The van der Waals surface area contributed by atoms with Gasteiger partial charge in [-0.2, -0.15) is 0 Å². The van der Waals surface area contributed by atoms with Gasteiger partial charge in [0.2, 0.25) is 0 Å². The van der Waals surface area contributed by atoms with Gasteiger partial charge in [-0.15, -0.1) is 11.3 Å². The molecule has 0 bridgehead atoms. The van der Waals surface area contributed by atoms with Crippen molar-refractivity contribution in [3.05, 3.63) is 21.3 Å². The summed E-state index contributed by atoms with van der Waals surface area (Å²) in [5.74, 6) is 0.820. The average molecular weight is 243 g/mol. The Morgan fingerprint density at radius 2 is 2.33 bits per heavy atom. The Kier molecular flexibility index (Phi) is 3.65. The molecule has 0 saturated heterocycles. The molecule has 0 aliphatic carbocycles. The topological polar surface area (TPSA) is 38.4 Å². The van der Waals surface area contributed by atoms with Crippen LogP contribution in [0.4, 0.5) is 0 Å². The lowest BCUT2D eigenvalue weighted by Gasteiger charge is -2.08. The first-order chi connectivity index (χ1) is 7.24. The van der Waals surface area contributed by atoms with Gasteiger partial charge in [0.05, 0.1) is 16.2 Å². The molecular weight excluding hydrogens is 228 g/mol. The van der Waals surface area contributed by atoms with E-state index in [0.29, 0.717) is 6.04 Å². The number of hydrogen-bond donors (Lipinski definition) is 1. The minimum Gasteiger partial charge on any atom is -0.387 e. The summed E-state index contributed by atoms with van der Waals surface area (Å²) in [5.41, 5.74) is 5.81. The molecule has 1 aromatic rings. The number of thiophene rings is 1. The molecule has 1 atom stereocenters. The maximum absolute atomic E-state index is 5.90. The van der Waals surface area contributed by atoms with E-state index in [2.05, 4.69) is 11.1 Å². The minimum absolute atomic E-state index is 0.363. The Morgan fingerprint density at radius 1 is 1.47 bits per heavy atom. The zero-order valence-electron chi connectivity index (χ0n) is 8.58. The van der Waals surface area contributed by atoms with Crippen LogP contribution in [0.3, 0.4) is 0 Å². The fourth-order valence-electron chi connectivity index (χ4n) is 1.89. The molecular formula is C11H15ClN2S. The fourth-order valence-corrected chi connectivity index (χ4v) is 3.05. The van der Waals surface area contributed by atoms with Crippen molar-refractivity contribution in [3.63, 3.8) is 0 Å². The Morgan fingerprint density at radius 3 is 3.07 bits per heavy atom. The summed E-state index contributed by atoms with van der Waals surface area (Å²) in [4.78, 5) is 5.85. The van der Waals surface area contributed by atoms with Crippen molar-refractivity contribution in [2.45, 2.75) is 38.1 Å². The molecule has 0 fully saturated rings. The first kappa shape index (κ1) is 11.0. The van der Waals surface area contributed by atoms with Crippen LogP contribution in [0.1, 0.15) is 30.6 Å². The van der Waals surface area contributed by atoms with Gasteiger partial charge in [0.1, 0.15) is 0 Å². The summed E-state index contributed by atoms with van der Waals surface area (Å²) in [6, 6.07) is 4.40. The molecule has 1 aliphatic heterocycles. The number of halogens is 1.